The number of H-pyrrole nitrogens is 1. The van der Waals surface area contributed by atoms with Crippen LogP contribution in [0.3, 0.4) is 0 Å². The summed E-state index contributed by atoms with van der Waals surface area (Å²) in [6.07, 6.45) is 1.51. The fourth-order valence-corrected chi connectivity index (χ4v) is 3.73. The molecule has 0 aliphatic rings. The molecule has 0 fully saturated rings. The number of para-hydroxylation sites is 1. The highest BCUT2D eigenvalue weighted by Gasteiger charge is 2.25. The van der Waals surface area contributed by atoms with E-state index in [0.717, 1.165) is 4.68 Å². The van der Waals surface area contributed by atoms with Crippen molar-refractivity contribution in [2.24, 2.45) is 12.8 Å². The largest absolute Gasteiger partial charge is 0.506 e. The van der Waals surface area contributed by atoms with Crippen LogP contribution in [0.15, 0.2) is 53.5 Å². The highest BCUT2D eigenvalue weighted by molar-refractivity contribution is 6.07. The Kier molecular flexibility index (Phi) is 4.12. The lowest BCUT2D eigenvalue weighted by Crippen LogP contribution is -2.31. The summed E-state index contributed by atoms with van der Waals surface area (Å²) in [6.45, 7) is 0. The Hall–Kier alpha value is -4.80. The average Bonchev–Trinajstić information content (AvgIpc) is 3.20. The van der Waals surface area contributed by atoms with Crippen molar-refractivity contribution in [3.63, 3.8) is 0 Å². The number of carbonyl (C=O) groups is 1. The van der Waals surface area contributed by atoms with Crippen LogP contribution in [0, 0.1) is 5.41 Å². The van der Waals surface area contributed by atoms with Gasteiger partial charge >= 0.3 is 0 Å². The number of rotatable bonds is 3. The van der Waals surface area contributed by atoms with E-state index in [9.17, 15) is 14.7 Å². The van der Waals surface area contributed by atoms with Gasteiger partial charge < -0.3 is 15.4 Å². The lowest BCUT2D eigenvalue weighted by atomic mass is 10.1. The van der Waals surface area contributed by atoms with Crippen LogP contribution < -0.4 is 16.8 Å². The van der Waals surface area contributed by atoms with E-state index in [1.165, 1.54) is 10.8 Å². The van der Waals surface area contributed by atoms with Crippen molar-refractivity contribution in [3.8, 4) is 22.8 Å². The highest BCUT2D eigenvalue weighted by Crippen LogP contribution is 2.34. The van der Waals surface area contributed by atoms with Crippen molar-refractivity contribution in [3.05, 3.63) is 70.1 Å². The fraction of sp³-hybridized carbons (Fsp3) is 0.0476. The van der Waals surface area contributed by atoms with Crippen LogP contribution in [0.25, 0.3) is 39.0 Å². The monoisotopic (exact) mass is 428 g/mol. The first-order valence-electron chi connectivity index (χ1n) is 9.48. The number of aromatic amines is 1. The number of nitrogens with one attached hydrogen (secondary N) is 2. The lowest BCUT2D eigenvalue weighted by Gasteiger charge is -2.11. The molecule has 0 unspecified atom stereocenters. The number of aromatic nitrogens is 6. The van der Waals surface area contributed by atoms with Crippen molar-refractivity contribution in [1.29, 1.82) is 5.41 Å². The molecule has 5 N–H and O–H groups in total. The molecule has 0 saturated carbocycles. The second-order valence-electron chi connectivity index (χ2n) is 7.09. The third-order valence-electron chi connectivity index (χ3n) is 5.26. The SMILES string of the molecule is Cn1c(=O)c(-c2n[nH]c3c(C(N)=O)c(=N)n(-c4ccccn4)nc23)c(O)c2ccccc21. The lowest BCUT2D eigenvalue weighted by molar-refractivity contribution is 0.0999. The van der Waals surface area contributed by atoms with Gasteiger partial charge in [0.15, 0.2) is 11.3 Å². The molecule has 0 spiro atoms. The normalized spacial score (nSPS) is 11.3. The molecular formula is C21H16N8O3. The Morgan fingerprint density at radius 3 is 2.66 bits per heavy atom. The molecule has 0 saturated heterocycles. The van der Waals surface area contributed by atoms with Crippen molar-refractivity contribution in [1.82, 2.24) is 29.5 Å². The van der Waals surface area contributed by atoms with Crippen molar-refractivity contribution >= 4 is 27.8 Å². The number of aryl methyl sites for hydroxylation is 1. The highest BCUT2D eigenvalue weighted by atomic mass is 16.3. The molecule has 5 aromatic rings. The Labute approximate surface area is 178 Å². The molecule has 0 aliphatic carbocycles. The van der Waals surface area contributed by atoms with E-state index in [1.54, 1.807) is 49.5 Å². The predicted molar refractivity (Wildman–Crippen MR) is 115 cm³/mol. The van der Waals surface area contributed by atoms with Gasteiger partial charge in [0.05, 0.1) is 5.52 Å². The standard InChI is InChI=1S/C21H16N8O3/c1-28-11-7-3-2-6-10(11)18(30)13(21(28)32)15-17-16(26-25-15)14(20(23)31)19(22)29(27-17)12-8-4-5-9-24-12/h2-9,22,26,30H,1H3,(H2,23,31). The van der Waals surface area contributed by atoms with Gasteiger partial charge in [-0.2, -0.15) is 14.9 Å². The van der Waals surface area contributed by atoms with Gasteiger partial charge in [-0.25, -0.2) is 4.98 Å². The van der Waals surface area contributed by atoms with E-state index < -0.39 is 11.5 Å². The molecule has 4 heterocycles. The number of fused-ring (bicyclic) bond motifs is 2. The van der Waals surface area contributed by atoms with Gasteiger partial charge in [-0.3, -0.25) is 20.1 Å². The summed E-state index contributed by atoms with van der Waals surface area (Å²) < 4.78 is 2.52. The second-order valence-corrected chi connectivity index (χ2v) is 7.09. The van der Waals surface area contributed by atoms with E-state index in [2.05, 4.69) is 20.3 Å². The van der Waals surface area contributed by atoms with E-state index in [-0.39, 0.29) is 44.9 Å². The number of hydrogen-bond acceptors (Lipinski definition) is 7. The van der Waals surface area contributed by atoms with Crippen LogP contribution in [0.4, 0.5) is 0 Å². The zero-order valence-electron chi connectivity index (χ0n) is 16.7. The summed E-state index contributed by atoms with van der Waals surface area (Å²) in [7, 11) is 1.58. The molecule has 4 aromatic heterocycles. The third-order valence-corrected chi connectivity index (χ3v) is 5.26. The van der Waals surface area contributed by atoms with Crippen molar-refractivity contribution in [2.75, 3.05) is 0 Å². The molecule has 11 heteroatoms. The average molecular weight is 428 g/mol. The summed E-state index contributed by atoms with van der Waals surface area (Å²) >= 11 is 0. The summed E-state index contributed by atoms with van der Waals surface area (Å²) in [5.74, 6) is -0.874. The predicted octanol–water partition coefficient (Wildman–Crippen LogP) is 0.946. The zero-order chi connectivity index (χ0) is 22.6. The first-order chi connectivity index (χ1) is 15.4. The van der Waals surface area contributed by atoms with Crippen LogP contribution >= 0.6 is 0 Å². The molecular weight excluding hydrogens is 412 g/mol. The van der Waals surface area contributed by atoms with E-state index in [4.69, 9.17) is 11.1 Å². The molecule has 0 radical (unpaired) electrons. The number of nitrogens with zero attached hydrogens (tertiary/aromatic N) is 5. The number of hydrogen-bond donors (Lipinski definition) is 4. The maximum atomic E-state index is 13.2. The molecule has 0 atom stereocenters. The van der Waals surface area contributed by atoms with Crippen LogP contribution in [0.5, 0.6) is 5.75 Å². The molecule has 32 heavy (non-hydrogen) atoms. The zero-order valence-corrected chi connectivity index (χ0v) is 16.7. The molecule has 0 bridgehead atoms. The number of benzene rings is 1. The number of primary amides is 1. The maximum absolute atomic E-state index is 13.2. The van der Waals surface area contributed by atoms with Crippen molar-refractivity contribution in [2.45, 2.75) is 0 Å². The third kappa shape index (κ3) is 2.61. The molecule has 1 aromatic carbocycles. The summed E-state index contributed by atoms with van der Waals surface area (Å²) in [6, 6.07) is 11.9. The minimum absolute atomic E-state index is 0.0241. The molecule has 1 amide bonds. The molecule has 0 aliphatic heterocycles. The Bertz CT molecular complexity index is 1660. The van der Waals surface area contributed by atoms with Gasteiger partial charge in [-0.05, 0) is 24.3 Å². The minimum atomic E-state index is -0.877. The van der Waals surface area contributed by atoms with Gasteiger partial charge in [-0.1, -0.05) is 18.2 Å². The number of amides is 1. The number of pyridine rings is 2. The van der Waals surface area contributed by atoms with Crippen LogP contribution in [-0.2, 0) is 7.05 Å². The van der Waals surface area contributed by atoms with Crippen LogP contribution in [0.1, 0.15) is 10.4 Å². The maximum Gasteiger partial charge on any atom is 0.264 e. The number of nitrogens with two attached hydrogens (primary N) is 1. The molecule has 158 valence electrons. The van der Waals surface area contributed by atoms with Crippen LogP contribution in [-0.4, -0.2) is 40.5 Å². The van der Waals surface area contributed by atoms with Crippen molar-refractivity contribution < 1.29 is 9.90 Å². The minimum Gasteiger partial charge on any atom is -0.506 e. The van der Waals surface area contributed by atoms with Gasteiger partial charge in [0.25, 0.3) is 11.5 Å². The summed E-state index contributed by atoms with van der Waals surface area (Å²) in [4.78, 5) is 29.5. The Morgan fingerprint density at radius 2 is 1.94 bits per heavy atom. The van der Waals surface area contributed by atoms with Gasteiger partial charge in [-0.15, -0.1) is 0 Å². The molecule has 5 rings (SSSR count). The quantitative estimate of drug-likeness (QED) is 0.333. The Morgan fingerprint density at radius 1 is 1.19 bits per heavy atom. The smallest absolute Gasteiger partial charge is 0.264 e. The van der Waals surface area contributed by atoms with E-state index >= 15 is 0 Å². The molecule has 11 nitrogen and oxygen atoms in total. The van der Waals surface area contributed by atoms with E-state index in [0.29, 0.717) is 10.9 Å². The fourth-order valence-electron chi connectivity index (χ4n) is 3.73. The number of carbonyl (C=O) groups excluding carboxylic acids is 1. The first-order valence-corrected chi connectivity index (χ1v) is 9.48. The summed E-state index contributed by atoms with van der Waals surface area (Å²) in [5.41, 5.74) is 5.22. The first kappa shape index (κ1) is 19.2. The second kappa shape index (κ2) is 6.87. The summed E-state index contributed by atoms with van der Waals surface area (Å²) in [5, 5.41) is 31.1. The van der Waals surface area contributed by atoms with Gasteiger partial charge in [0, 0.05) is 18.6 Å². The Balaban J connectivity index is 1.93. The van der Waals surface area contributed by atoms with Gasteiger partial charge in [0.1, 0.15) is 33.6 Å². The van der Waals surface area contributed by atoms with E-state index in [1.807, 2.05) is 0 Å². The van der Waals surface area contributed by atoms with Gasteiger partial charge in [0.2, 0.25) is 0 Å². The number of aromatic hydroxyl groups is 1. The van der Waals surface area contributed by atoms with Crippen LogP contribution in [0.2, 0.25) is 0 Å². The topological polar surface area (TPSA) is 169 Å².